The average Bonchev–Trinajstić information content (AvgIpc) is 2.55. The quantitative estimate of drug-likeness (QED) is 0.802. The monoisotopic (exact) mass is 337 g/mol. The van der Waals surface area contributed by atoms with Crippen molar-refractivity contribution >= 4 is 16.7 Å². The third kappa shape index (κ3) is 4.88. The molecule has 0 saturated heterocycles. The zero-order chi connectivity index (χ0) is 16.8. The molecule has 1 aliphatic carbocycles. The van der Waals surface area contributed by atoms with Crippen LogP contribution < -0.4 is 0 Å². The number of methoxy groups -OCH3 is 1. The number of ether oxygens (including phenoxy) is 1. The van der Waals surface area contributed by atoms with Gasteiger partial charge in [0.2, 0.25) is 5.91 Å². The molecule has 1 aromatic carbocycles. The van der Waals surface area contributed by atoms with E-state index in [1.54, 1.807) is 7.11 Å². The van der Waals surface area contributed by atoms with Crippen molar-refractivity contribution in [3.8, 4) is 0 Å². The summed E-state index contributed by atoms with van der Waals surface area (Å²) in [6.45, 7) is 2.74. The second-order valence-corrected chi connectivity index (χ2v) is 7.85. The van der Waals surface area contributed by atoms with Crippen LogP contribution in [0.3, 0.4) is 0 Å². The average molecular weight is 337 g/mol. The summed E-state index contributed by atoms with van der Waals surface area (Å²) in [5, 5.41) is 0. The molecular weight excluding hydrogens is 310 g/mol. The van der Waals surface area contributed by atoms with Crippen LogP contribution in [0.4, 0.5) is 0 Å². The molecule has 0 radical (unpaired) electrons. The molecule has 0 aromatic heterocycles. The maximum atomic E-state index is 12.5. The van der Waals surface area contributed by atoms with Crippen LogP contribution in [-0.2, 0) is 26.9 Å². The Morgan fingerprint density at radius 1 is 1.26 bits per heavy atom. The van der Waals surface area contributed by atoms with E-state index in [9.17, 15) is 9.00 Å². The fraction of sp³-hybridized carbons (Fsp3) is 0.611. The van der Waals surface area contributed by atoms with Crippen molar-refractivity contribution in [1.82, 2.24) is 4.90 Å². The molecule has 0 N–H and O–H groups in total. The van der Waals surface area contributed by atoms with E-state index in [-0.39, 0.29) is 17.7 Å². The molecule has 1 aromatic rings. The molecule has 128 valence electrons. The lowest BCUT2D eigenvalue weighted by Gasteiger charge is -2.36. The van der Waals surface area contributed by atoms with Crippen molar-refractivity contribution in [2.75, 3.05) is 19.9 Å². The Labute approximate surface area is 141 Å². The summed E-state index contributed by atoms with van der Waals surface area (Å²) in [6.07, 6.45) is 4.66. The van der Waals surface area contributed by atoms with Crippen LogP contribution >= 0.6 is 0 Å². The highest BCUT2D eigenvalue weighted by atomic mass is 32.2. The maximum absolute atomic E-state index is 12.5. The highest BCUT2D eigenvalue weighted by molar-refractivity contribution is 7.85. The van der Waals surface area contributed by atoms with Gasteiger partial charge in [-0.1, -0.05) is 31.9 Å². The first-order chi connectivity index (χ1) is 11.0. The van der Waals surface area contributed by atoms with Gasteiger partial charge in [-0.2, -0.15) is 0 Å². The van der Waals surface area contributed by atoms with Gasteiger partial charge in [0.05, 0.1) is 17.4 Å². The predicted molar refractivity (Wildman–Crippen MR) is 92.6 cm³/mol. The van der Waals surface area contributed by atoms with Gasteiger partial charge in [0.1, 0.15) is 5.75 Å². The van der Waals surface area contributed by atoms with Crippen molar-refractivity contribution in [2.45, 2.75) is 50.2 Å². The Morgan fingerprint density at radius 3 is 2.52 bits per heavy atom. The van der Waals surface area contributed by atoms with E-state index in [1.807, 2.05) is 36.2 Å². The van der Waals surface area contributed by atoms with Crippen LogP contribution in [0.15, 0.2) is 29.2 Å². The predicted octanol–water partition coefficient (Wildman–Crippen LogP) is 2.98. The van der Waals surface area contributed by atoms with E-state index in [1.165, 1.54) is 19.3 Å². The van der Waals surface area contributed by atoms with Crippen molar-refractivity contribution in [3.63, 3.8) is 0 Å². The Hall–Kier alpha value is -1.20. The van der Waals surface area contributed by atoms with Gasteiger partial charge in [0, 0.05) is 25.1 Å². The normalized spacial score (nSPS) is 22.6. The molecule has 1 fully saturated rings. The van der Waals surface area contributed by atoms with Gasteiger partial charge >= 0.3 is 0 Å². The molecule has 2 rings (SSSR count). The smallest absolute Gasteiger partial charge is 0.235 e. The number of carbonyl (C=O) groups is 1. The molecule has 1 saturated carbocycles. The van der Waals surface area contributed by atoms with Crippen molar-refractivity contribution in [3.05, 3.63) is 29.8 Å². The topological polar surface area (TPSA) is 46.6 Å². The van der Waals surface area contributed by atoms with Crippen molar-refractivity contribution < 1.29 is 13.7 Å². The zero-order valence-corrected chi connectivity index (χ0v) is 15.1. The van der Waals surface area contributed by atoms with Gasteiger partial charge < -0.3 is 9.64 Å². The first kappa shape index (κ1) is 18.1. The number of hydrogen-bond acceptors (Lipinski definition) is 3. The molecule has 0 aliphatic heterocycles. The maximum Gasteiger partial charge on any atom is 0.235 e. The van der Waals surface area contributed by atoms with Gasteiger partial charge in [-0.15, -0.1) is 0 Å². The van der Waals surface area contributed by atoms with E-state index < -0.39 is 10.8 Å². The highest BCUT2D eigenvalue weighted by Crippen LogP contribution is 2.27. The van der Waals surface area contributed by atoms with Crippen LogP contribution in [0.25, 0.3) is 0 Å². The van der Waals surface area contributed by atoms with E-state index in [4.69, 9.17) is 4.74 Å². The van der Waals surface area contributed by atoms with Gasteiger partial charge in [0.15, 0.2) is 0 Å². The van der Waals surface area contributed by atoms with Gasteiger partial charge in [-0.05, 0) is 36.5 Å². The van der Waals surface area contributed by atoms with Crippen LogP contribution in [0.5, 0.6) is 0 Å². The zero-order valence-electron chi connectivity index (χ0n) is 14.3. The molecule has 0 spiro atoms. The number of amides is 1. The SMILES string of the molecule is COCc1ccc([S@](=O)CC(=O)N(C)[C@@H]2CCCC[C@H]2C)cc1. The second-order valence-electron chi connectivity index (χ2n) is 6.40. The van der Waals surface area contributed by atoms with Crippen LogP contribution in [-0.4, -0.2) is 41.0 Å². The van der Waals surface area contributed by atoms with Crippen LogP contribution in [0.1, 0.15) is 38.2 Å². The van der Waals surface area contributed by atoms with Crippen LogP contribution in [0.2, 0.25) is 0 Å². The lowest BCUT2D eigenvalue weighted by molar-refractivity contribution is -0.130. The van der Waals surface area contributed by atoms with E-state index in [2.05, 4.69) is 6.92 Å². The summed E-state index contributed by atoms with van der Waals surface area (Å²) in [5.41, 5.74) is 1.03. The number of nitrogens with zero attached hydrogens (tertiary/aromatic N) is 1. The minimum Gasteiger partial charge on any atom is -0.380 e. The third-order valence-corrected chi connectivity index (χ3v) is 6.02. The molecule has 0 heterocycles. The van der Waals surface area contributed by atoms with E-state index in [0.29, 0.717) is 17.4 Å². The minimum absolute atomic E-state index is 0.0250. The largest absolute Gasteiger partial charge is 0.380 e. The Balaban J connectivity index is 1.94. The Morgan fingerprint density at radius 2 is 1.91 bits per heavy atom. The third-order valence-electron chi connectivity index (χ3n) is 4.71. The molecule has 23 heavy (non-hydrogen) atoms. The highest BCUT2D eigenvalue weighted by Gasteiger charge is 2.28. The fourth-order valence-corrected chi connectivity index (χ4v) is 4.29. The fourth-order valence-electron chi connectivity index (χ4n) is 3.26. The molecule has 1 aliphatic rings. The first-order valence-electron chi connectivity index (χ1n) is 8.25. The molecule has 5 heteroatoms. The number of benzene rings is 1. The summed E-state index contributed by atoms with van der Waals surface area (Å²) in [4.78, 5) is 15.0. The summed E-state index contributed by atoms with van der Waals surface area (Å²) >= 11 is 0. The van der Waals surface area contributed by atoms with E-state index >= 15 is 0 Å². The summed E-state index contributed by atoms with van der Waals surface area (Å²) in [7, 11) is 2.21. The second kappa shape index (κ2) is 8.60. The minimum atomic E-state index is -1.29. The molecule has 3 atom stereocenters. The molecular formula is C18H27NO3S. The number of carbonyl (C=O) groups excluding carboxylic acids is 1. The lowest BCUT2D eigenvalue weighted by Crippen LogP contribution is -2.44. The van der Waals surface area contributed by atoms with Crippen molar-refractivity contribution in [2.24, 2.45) is 5.92 Å². The van der Waals surface area contributed by atoms with Gasteiger partial charge in [-0.25, -0.2) is 0 Å². The molecule has 0 bridgehead atoms. The molecule has 4 nitrogen and oxygen atoms in total. The van der Waals surface area contributed by atoms with Gasteiger partial charge in [-0.3, -0.25) is 9.00 Å². The summed E-state index contributed by atoms with van der Waals surface area (Å²) < 4.78 is 17.5. The molecule has 0 unspecified atom stereocenters. The first-order valence-corrected chi connectivity index (χ1v) is 9.56. The number of rotatable bonds is 6. The molecule has 1 amide bonds. The lowest BCUT2D eigenvalue weighted by atomic mass is 9.85. The summed E-state index contributed by atoms with van der Waals surface area (Å²) in [5.74, 6) is 0.561. The summed E-state index contributed by atoms with van der Waals surface area (Å²) in [6, 6.07) is 7.72. The van der Waals surface area contributed by atoms with E-state index in [0.717, 1.165) is 12.0 Å². The standard InChI is InChI=1S/C18H27NO3S/c1-14-6-4-5-7-17(14)19(2)18(20)13-23(21)16-10-8-15(9-11-16)12-22-3/h8-11,14,17H,4-7,12-13H2,1-3H3/t14-,17-,23-/m1/s1. The number of hydrogen-bond donors (Lipinski definition) is 0. The Kier molecular flexibility index (Phi) is 6.78. The van der Waals surface area contributed by atoms with Crippen molar-refractivity contribution in [1.29, 1.82) is 0 Å². The van der Waals surface area contributed by atoms with Gasteiger partial charge in [0.25, 0.3) is 0 Å². The Bertz CT molecular complexity index is 544. The van der Waals surface area contributed by atoms with Crippen LogP contribution in [0, 0.1) is 5.92 Å².